The molecule has 0 fully saturated rings. The first-order chi connectivity index (χ1) is 21.4. The summed E-state index contributed by atoms with van der Waals surface area (Å²) in [5.41, 5.74) is 2.19. The lowest BCUT2D eigenvalue weighted by molar-refractivity contribution is -0.140. The molecule has 4 aromatic carbocycles. The number of nitrogens with zero attached hydrogens (tertiary/aromatic N) is 2. The van der Waals surface area contributed by atoms with E-state index in [0.717, 1.165) is 15.4 Å². The highest BCUT2D eigenvalue weighted by Crippen LogP contribution is 2.34. The molecule has 0 saturated carbocycles. The number of sulfonamides is 1. The maximum Gasteiger partial charge on any atom is 0.264 e. The number of nitrogens with one attached hydrogen (secondary N) is 1. The van der Waals surface area contributed by atoms with Crippen molar-refractivity contribution in [3.8, 4) is 0 Å². The predicted octanol–water partition coefficient (Wildman–Crippen LogP) is 7.58. The molecule has 0 aliphatic rings. The maximum atomic E-state index is 14.5. The van der Waals surface area contributed by atoms with E-state index >= 15 is 0 Å². The summed E-state index contributed by atoms with van der Waals surface area (Å²) in [6, 6.07) is 23.6. The Morgan fingerprint density at radius 3 is 2.11 bits per heavy atom. The third-order valence-electron chi connectivity index (χ3n) is 7.04. The zero-order valence-electron chi connectivity index (χ0n) is 24.5. The van der Waals surface area contributed by atoms with Gasteiger partial charge in [0.05, 0.1) is 15.6 Å². The summed E-state index contributed by atoms with van der Waals surface area (Å²) in [4.78, 5) is 29.4. The van der Waals surface area contributed by atoms with Gasteiger partial charge >= 0.3 is 0 Å². The van der Waals surface area contributed by atoms with Gasteiger partial charge in [0, 0.05) is 34.6 Å². The van der Waals surface area contributed by atoms with Gasteiger partial charge in [-0.15, -0.1) is 0 Å². The number of hydrogen-bond donors (Lipinski definition) is 1. The lowest BCUT2D eigenvalue weighted by Crippen LogP contribution is -2.53. The molecule has 0 spiro atoms. The van der Waals surface area contributed by atoms with Crippen LogP contribution in [0.4, 0.5) is 5.69 Å². The number of carbonyl (C=O) groups is 2. The van der Waals surface area contributed by atoms with Crippen LogP contribution >= 0.6 is 46.4 Å². The van der Waals surface area contributed by atoms with Crippen LogP contribution in [-0.4, -0.2) is 44.3 Å². The van der Waals surface area contributed by atoms with Crippen molar-refractivity contribution >= 4 is 73.9 Å². The minimum Gasteiger partial charge on any atom is -0.355 e. The first-order valence-electron chi connectivity index (χ1n) is 14.0. The molecule has 2 amide bonds. The summed E-state index contributed by atoms with van der Waals surface area (Å²) in [5.74, 6) is -1.08. The molecule has 12 heteroatoms. The van der Waals surface area contributed by atoms with E-state index in [9.17, 15) is 18.0 Å². The van der Waals surface area contributed by atoms with Crippen LogP contribution in [0.3, 0.4) is 0 Å². The van der Waals surface area contributed by atoms with Gasteiger partial charge in [0.2, 0.25) is 11.8 Å². The second-order valence-corrected chi connectivity index (χ2v) is 13.8. The molecule has 1 unspecified atom stereocenters. The average Bonchev–Trinajstić information content (AvgIpc) is 3.00. The second kappa shape index (κ2) is 15.3. The summed E-state index contributed by atoms with van der Waals surface area (Å²) < 4.78 is 29.2. The molecule has 0 saturated heterocycles. The summed E-state index contributed by atoms with van der Waals surface area (Å²) in [6.45, 7) is 3.13. The van der Waals surface area contributed by atoms with Crippen molar-refractivity contribution in [1.82, 2.24) is 10.2 Å². The van der Waals surface area contributed by atoms with Gasteiger partial charge in [0.15, 0.2) is 0 Å². The molecule has 45 heavy (non-hydrogen) atoms. The Balaban J connectivity index is 1.84. The Hall–Kier alpha value is -3.27. The van der Waals surface area contributed by atoms with E-state index < -0.39 is 34.4 Å². The van der Waals surface area contributed by atoms with Crippen LogP contribution in [0, 0.1) is 6.92 Å². The molecule has 4 rings (SSSR count). The Bertz CT molecular complexity index is 1770. The van der Waals surface area contributed by atoms with Crippen molar-refractivity contribution in [2.45, 2.75) is 37.8 Å². The Morgan fingerprint density at radius 1 is 0.822 bits per heavy atom. The maximum absolute atomic E-state index is 14.5. The van der Waals surface area contributed by atoms with Gasteiger partial charge in [-0.3, -0.25) is 13.9 Å². The first kappa shape index (κ1) is 34.6. The summed E-state index contributed by atoms with van der Waals surface area (Å²) in [6.07, 6.45) is 0.159. The number of aryl methyl sites for hydroxylation is 1. The number of amides is 2. The van der Waals surface area contributed by atoms with Crippen molar-refractivity contribution in [1.29, 1.82) is 0 Å². The molecule has 0 radical (unpaired) electrons. The number of anilines is 1. The number of carbonyl (C=O) groups excluding carboxylic acids is 2. The zero-order chi connectivity index (χ0) is 32.7. The quantitative estimate of drug-likeness (QED) is 0.165. The minimum atomic E-state index is -4.34. The van der Waals surface area contributed by atoms with E-state index in [0.29, 0.717) is 17.1 Å². The molecule has 0 aromatic heterocycles. The van der Waals surface area contributed by atoms with Gasteiger partial charge in [-0.05, 0) is 67.4 Å². The number of hydrogen-bond acceptors (Lipinski definition) is 4. The highest BCUT2D eigenvalue weighted by Gasteiger charge is 2.35. The minimum absolute atomic E-state index is 0.0141. The molecule has 236 valence electrons. The van der Waals surface area contributed by atoms with Crippen LogP contribution in [0.2, 0.25) is 20.1 Å². The van der Waals surface area contributed by atoms with E-state index in [1.807, 2.05) is 37.3 Å². The topological polar surface area (TPSA) is 86.8 Å². The largest absolute Gasteiger partial charge is 0.355 e. The molecular weight excluding hydrogens is 676 g/mol. The second-order valence-electron chi connectivity index (χ2n) is 10.3. The molecule has 1 N–H and O–H groups in total. The summed E-state index contributed by atoms with van der Waals surface area (Å²) in [5, 5.41) is 3.80. The fourth-order valence-electron chi connectivity index (χ4n) is 4.71. The predicted molar refractivity (Wildman–Crippen MR) is 182 cm³/mol. The Kier molecular flexibility index (Phi) is 11.8. The smallest absolute Gasteiger partial charge is 0.264 e. The van der Waals surface area contributed by atoms with E-state index in [2.05, 4.69) is 5.32 Å². The number of likely N-dealkylation sites (N-methyl/N-ethyl adjacent to an activating group) is 1. The van der Waals surface area contributed by atoms with Gasteiger partial charge in [-0.25, -0.2) is 8.42 Å². The van der Waals surface area contributed by atoms with Crippen LogP contribution < -0.4 is 9.62 Å². The molecule has 0 bridgehead atoms. The third-order valence-corrected chi connectivity index (χ3v) is 9.96. The van der Waals surface area contributed by atoms with Crippen molar-refractivity contribution in [3.63, 3.8) is 0 Å². The van der Waals surface area contributed by atoms with Crippen molar-refractivity contribution < 1.29 is 18.0 Å². The number of benzene rings is 4. The normalized spacial score (nSPS) is 12.0. The fraction of sp³-hybridized carbons (Fsp3) is 0.212. The highest BCUT2D eigenvalue weighted by molar-refractivity contribution is 7.92. The first-order valence-corrected chi connectivity index (χ1v) is 17.0. The molecule has 0 aliphatic carbocycles. The highest BCUT2D eigenvalue weighted by atomic mass is 35.5. The molecule has 1 atom stereocenters. The SMILES string of the molecule is CCNC(=O)C(Cc1ccccc1)N(Cc1ccc(Cl)cc1Cl)C(=O)CN(c1cc(Cl)ccc1Cl)S(=O)(=O)c1ccc(C)cc1. The van der Waals surface area contributed by atoms with Gasteiger partial charge in [-0.2, -0.15) is 0 Å². The standard InChI is InChI=1S/C33H31Cl4N3O4S/c1-3-38-33(42)31(17-23-7-5-4-6-8-23)39(20-24-11-12-25(34)18-29(24)37)32(41)21-40(30-19-26(35)13-16-28(30)36)45(43,44)27-14-9-22(2)10-15-27/h4-16,18-19,31H,3,17,20-21H2,1-2H3,(H,38,42). The Morgan fingerprint density at radius 2 is 1.47 bits per heavy atom. The summed E-state index contributed by atoms with van der Waals surface area (Å²) in [7, 11) is -4.34. The molecule has 0 heterocycles. The van der Waals surface area contributed by atoms with Crippen LogP contribution in [0.25, 0.3) is 0 Å². The molecule has 7 nitrogen and oxygen atoms in total. The van der Waals surface area contributed by atoms with Crippen LogP contribution in [0.15, 0.2) is 95.9 Å². The zero-order valence-corrected chi connectivity index (χ0v) is 28.4. The van der Waals surface area contributed by atoms with Crippen molar-refractivity contribution in [2.75, 3.05) is 17.4 Å². The average molecular weight is 708 g/mol. The molecule has 4 aromatic rings. The van der Waals surface area contributed by atoms with E-state index in [4.69, 9.17) is 46.4 Å². The van der Waals surface area contributed by atoms with Crippen molar-refractivity contribution in [2.24, 2.45) is 0 Å². The van der Waals surface area contributed by atoms with Gasteiger partial charge in [0.25, 0.3) is 10.0 Å². The van der Waals surface area contributed by atoms with Gasteiger partial charge in [-0.1, -0.05) is 100 Å². The Labute approximate surface area is 283 Å². The molecular formula is C33H31Cl4N3O4S. The van der Waals surface area contributed by atoms with E-state index in [1.165, 1.54) is 35.2 Å². The van der Waals surface area contributed by atoms with Crippen molar-refractivity contribution in [3.05, 3.63) is 128 Å². The summed E-state index contributed by atoms with van der Waals surface area (Å²) >= 11 is 25.5. The monoisotopic (exact) mass is 705 g/mol. The van der Waals surface area contributed by atoms with Crippen LogP contribution in [0.1, 0.15) is 23.6 Å². The third kappa shape index (κ3) is 8.71. The lowest BCUT2D eigenvalue weighted by atomic mass is 10.0. The number of halogens is 4. The van der Waals surface area contributed by atoms with Gasteiger partial charge in [0.1, 0.15) is 12.6 Å². The van der Waals surface area contributed by atoms with Gasteiger partial charge < -0.3 is 10.2 Å². The van der Waals surface area contributed by atoms with E-state index in [1.54, 1.807) is 37.3 Å². The van der Waals surface area contributed by atoms with E-state index in [-0.39, 0.29) is 38.6 Å². The van der Waals surface area contributed by atoms with Crippen LogP contribution in [0.5, 0.6) is 0 Å². The number of rotatable bonds is 12. The fourth-order valence-corrected chi connectivity index (χ4v) is 7.04. The van der Waals surface area contributed by atoms with Crippen LogP contribution in [-0.2, 0) is 32.6 Å². The molecule has 0 aliphatic heterocycles. The lowest BCUT2D eigenvalue weighted by Gasteiger charge is -2.34.